The zero-order chi connectivity index (χ0) is 34.2. The minimum atomic E-state index is -1.79. The van der Waals surface area contributed by atoms with E-state index in [2.05, 4.69) is 32.0 Å². The van der Waals surface area contributed by atoms with Gasteiger partial charge in [0.05, 0.1) is 25.8 Å². The van der Waals surface area contributed by atoms with Crippen molar-refractivity contribution in [3.63, 3.8) is 0 Å². The largest absolute Gasteiger partial charge is 0.453 e. The molecule has 0 aliphatic heterocycles. The summed E-state index contributed by atoms with van der Waals surface area (Å²) in [6, 6.07) is 23.2. The zero-order valence-electron chi connectivity index (χ0n) is 27.4. The van der Waals surface area contributed by atoms with E-state index in [1.165, 1.54) is 7.11 Å². The number of hydrogen-bond donors (Lipinski definition) is 6. The molecule has 252 valence electrons. The van der Waals surface area contributed by atoms with E-state index in [9.17, 15) is 24.6 Å². The van der Waals surface area contributed by atoms with E-state index in [0.29, 0.717) is 30.9 Å². The standard InChI is InChI=1S/C36H45BrN4O6/c1-35(2,3)31(39-34(45)47-4)32(43)40-41(23-25-15-17-27(37)18-16-25)20-10-19-36(46,22-24-11-6-5-7-12-24)33(44)38-30-28-14-9-8-13-26(28)21-29(30)42/h5-9,11-18,29-31,42,46H,10,19-23H2,1-4H3,(H,38,44)(H,39,45)(H,40,43)/p+1/t29-,30+,31-,36-/m1/s1. The lowest BCUT2D eigenvalue weighted by molar-refractivity contribution is -0.950. The highest BCUT2D eigenvalue weighted by Gasteiger charge is 2.41. The normalized spacial score (nSPS) is 18.3. The summed E-state index contributed by atoms with van der Waals surface area (Å²) in [5, 5.41) is 29.1. The van der Waals surface area contributed by atoms with Crippen molar-refractivity contribution in [3.05, 3.63) is 106 Å². The minimum absolute atomic E-state index is 0.0771. The van der Waals surface area contributed by atoms with Crippen LogP contribution in [0, 0.1) is 5.41 Å². The Hall–Kier alpha value is -3.77. The number of hydrogen-bond acceptors (Lipinski definition) is 6. The van der Waals surface area contributed by atoms with Crippen molar-refractivity contribution in [3.8, 4) is 0 Å². The van der Waals surface area contributed by atoms with Gasteiger partial charge in [0, 0.05) is 29.3 Å². The second-order valence-corrected chi connectivity index (χ2v) is 14.2. The number of alkyl carbamates (subject to hydrolysis) is 1. The number of methoxy groups -OCH3 is 1. The maximum atomic E-state index is 13.9. The molecule has 0 fully saturated rings. The summed E-state index contributed by atoms with van der Waals surface area (Å²) in [4.78, 5) is 39.6. The van der Waals surface area contributed by atoms with E-state index in [1.807, 2.05) is 99.6 Å². The zero-order valence-corrected chi connectivity index (χ0v) is 29.0. The van der Waals surface area contributed by atoms with E-state index in [4.69, 9.17) is 4.74 Å². The van der Waals surface area contributed by atoms with Gasteiger partial charge in [0.15, 0.2) is 0 Å². The van der Waals surface area contributed by atoms with Crippen LogP contribution in [0.2, 0.25) is 0 Å². The van der Waals surface area contributed by atoms with Crippen LogP contribution in [-0.2, 0) is 33.7 Å². The molecule has 4 rings (SSSR count). The molecule has 0 saturated heterocycles. The second-order valence-electron chi connectivity index (χ2n) is 13.3. The van der Waals surface area contributed by atoms with Gasteiger partial charge >= 0.3 is 6.09 Å². The molecule has 47 heavy (non-hydrogen) atoms. The van der Waals surface area contributed by atoms with Crippen molar-refractivity contribution in [1.82, 2.24) is 16.1 Å². The van der Waals surface area contributed by atoms with Gasteiger partial charge in [0.2, 0.25) is 0 Å². The Morgan fingerprint density at radius 1 is 0.979 bits per heavy atom. The molecule has 1 unspecified atom stereocenters. The fourth-order valence-electron chi connectivity index (χ4n) is 5.98. The number of quaternary nitrogens is 1. The SMILES string of the molecule is COC(=O)N[C@H](C(=O)N[NH+](CCC[C@@](O)(Cc1ccccc1)C(=O)N[C@H]1c2ccccc2C[C@H]1O)Cc1ccc(Br)cc1)C(C)(C)C. The van der Waals surface area contributed by atoms with Gasteiger partial charge < -0.3 is 25.6 Å². The van der Waals surface area contributed by atoms with Crippen LogP contribution in [0.1, 0.15) is 61.9 Å². The monoisotopic (exact) mass is 709 g/mol. The average Bonchev–Trinajstić information content (AvgIpc) is 3.34. The lowest BCUT2D eigenvalue weighted by atomic mass is 9.86. The van der Waals surface area contributed by atoms with Crippen molar-refractivity contribution >= 4 is 33.8 Å². The fraction of sp³-hybridized carbons (Fsp3) is 0.417. The van der Waals surface area contributed by atoms with Crippen molar-refractivity contribution < 1.29 is 34.3 Å². The summed E-state index contributed by atoms with van der Waals surface area (Å²) >= 11 is 3.46. The number of aliphatic hydroxyl groups excluding tert-OH is 1. The molecule has 0 aromatic heterocycles. The molecule has 1 aliphatic carbocycles. The van der Waals surface area contributed by atoms with Crippen molar-refractivity contribution in [2.45, 2.75) is 76.8 Å². The number of aliphatic hydroxyl groups is 2. The number of fused-ring (bicyclic) bond motifs is 1. The minimum Gasteiger partial charge on any atom is -0.453 e. The van der Waals surface area contributed by atoms with Gasteiger partial charge in [-0.2, -0.15) is 0 Å². The van der Waals surface area contributed by atoms with Crippen molar-refractivity contribution in [2.24, 2.45) is 5.41 Å². The summed E-state index contributed by atoms with van der Waals surface area (Å²) in [5.74, 6) is -0.947. The molecular weight excluding hydrogens is 664 g/mol. The quantitative estimate of drug-likeness (QED) is 0.151. The third kappa shape index (κ3) is 9.87. The number of rotatable bonds is 13. The number of nitrogens with one attached hydrogen (secondary N) is 4. The summed E-state index contributed by atoms with van der Waals surface area (Å²) < 4.78 is 5.69. The summed E-state index contributed by atoms with van der Waals surface area (Å²) in [5.41, 5.74) is 4.21. The van der Waals surface area contributed by atoms with E-state index in [0.717, 1.165) is 26.7 Å². The predicted molar refractivity (Wildman–Crippen MR) is 182 cm³/mol. The lowest BCUT2D eigenvalue weighted by Crippen LogP contribution is -3.18. The number of benzene rings is 3. The first kappa shape index (κ1) is 36.1. The second kappa shape index (κ2) is 15.9. The maximum Gasteiger partial charge on any atom is 0.407 e. The van der Waals surface area contributed by atoms with Crippen LogP contribution in [0.3, 0.4) is 0 Å². The molecule has 0 radical (unpaired) electrons. The molecule has 11 heteroatoms. The molecule has 0 heterocycles. The first-order chi connectivity index (χ1) is 22.3. The van der Waals surface area contributed by atoms with Gasteiger partial charge in [0.1, 0.15) is 18.2 Å². The Morgan fingerprint density at radius 2 is 1.64 bits per heavy atom. The Labute approximate surface area is 285 Å². The molecule has 10 nitrogen and oxygen atoms in total. The van der Waals surface area contributed by atoms with Crippen LogP contribution < -0.4 is 21.1 Å². The van der Waals surface area contributed by atoms with E-state index >= 15 is 0 Å². The molecule has 0 spiro atoms. The molecule has 0 saturated carbocycles. The molecular formula is C36H46BrN4O6+. The van der Waals surface area contributed by atoms with Gasteiger partial charge in [-0.3, -0.25) is 9.59 Å². The number of amides is 3. The number of halogens is 1. The van der Waals surface area contributed by atoms with Crippen LogP contribution in [0.25, 0.3) is 0 Å². The number of carbonyl (C=O) groups is 3. The Kier molecular flexibility index (Phi) is 12.2. The van der Waals surface area contributed by atoms with Gasteiger partial charge in [-0.1, -0.05) is 103 Å². The van der Waals surface area contributed by atoms with Gasteiger partial charge in [0.25, 0.3) is 11.8 Å². The summed E-state index contributed by atoms with van der Waals surface area (Å²) in [7, 11) is 1.25. The molecule has 3 aromatic carbocycles. The molecule has 5 atom stereocenters. The van der Waals surface area contributed by atoms with Crippen LogP contribution in [0.4, 0.5) is 4.79 Å². The van der Waals surface area contributed by atoms with Crippen molar-refractivity contribution in [2.75, 3.05) is 13.7 Å². The highest BCUT2D eigenvalue weighted by Crippen LogP contribution is 2.32. The lowest BCUT2D eigenvalue weighted by Gasteiger charge is -2.32. The number of carbonyl (C=O) groups excluding carboxylic acids is 3. The molecule has 1 aliphatic rings. The van der Waals surface area contributed by atoms with Gasteiger partial charge in [-0.05, 0) is 40.7 Å². The maximum absolute atomic E-state index is 13.9. The van der Waals surface area contributed by atoms with Crippen molar-refractivity contribution in [1.29, 1.82) is 0 Å². The molecule has 3 amide bonds. The first-order valence-electron chi connectivity index (χ1n) is 15.9. The molecule has 0 bridgehead atoms. The predicted octanol–water partition coefficient (Wildman–Crippen LogP) is 3.16. The Bertz CT molecular complexity index is 1510. The highest BCUT2D eigenvalue weighted by atomic mass is 79.9. The summed E-state index contributed by atoms with van der Waals surface area (Å²) in [6.45, 7) is 6.34. The topological polar surface area (TPSA) is 141 Å². The van der Waals surface area contributed by atoms with Crippen LogP contribution >= 0.6 is 15.9 Å². The fourth-order valence-corrected chi connectivity index (χ4v) is 6.24. The third-order valence-electron chi connectivity index (χ3n) is 8.53. The van der Waals surface area contributed by atoms with Crippen LogP contribution in [0.15, 0.2) is 83.3 Å². The van der Waals surface area contributed by atoms with Crippen LogP contribution in [-0.4, -0.2) is 59.5 Å². The molecule has 3 aromatic rings. The van der Waals surface area contributed by atoms with E-state index < -0.39 is 41.2 Å². The third-order valence-corrected chi connectivity index (χ3v) is 9.06. The summed E-state index contributed by atoms with van der Waals surface area (Å²) in [6.07, 6.45) is -0.534. The molecule has 6 N–H and O–H groups in total. The van der Waals surface area contributed by atoms with Gasteiger partial charge in [-0.25, -0.2) is 15.2 Å². The first-order valence-corrected chi connectivity index (χ1v) is 16.7. The van der Waals surface area contributed by atoms with Crippen LogP contribution in [0.5, 0.6) is 0 Å². The van der Waals surface area contributed by atoms with Gasteiger partial charge in [-0.15, -0.1) is 0 Å². The number of ether oxygens (including phenoxy) is 1. The smallest absolute Gasteiger partial charge is 0.407 e. The Morgan fingerprint density at radius 3 is 2.30 bits per heavy atom. The van der Waals surface area contributed by atoms with E-state index in [1.54, 1.807) is 0 Å². The Balaban J connectivity index is 1.53. The average molecular weight is 711 g/mol. The highest BCUT2D eigenvalue weighted by molar-refractivity contribution is 9.10. The van der Waals surface area contributed by atoms with E-state index in [-0.39, 0.29) is 18.7 Å².